The van der Waals surface area contributed by atoms with Gasteiger partial charge in [-0.05, 0) is 31.0 Å². The fourth-order valence-electron chi connectivity index (χ4n) is 3.68. The Hall–Kier alpha value is -2.04. The van der Waals surface area contributed by atoms with Gasteiger partial charge in [-0.15, -0.1) is 0 Å². The zero-order valence-electron chi connectivity index (χ0n) is 15.0. The van der Waals surface area contributed by atoms with Crippen LogP contribution in [0.25, 0.3) is 0 Å². The van der Waals surface area contributed by atoms with E-state index in [1.54, 1.807) is 0 Å². The van der Waals surface area contributed by atoms with E-state index in [0.29, 0.717) is 25.0 Å². The van der Waals surface area contributed by atoms with Crippen molar-refractivity contribution in [3.05, 3.63) is 29.3 Å². The largest absolute Gasteiger partial charge is 0.479 e. The summed E-state index contributed by atoms with van der Waals surface area (Å²) < 4.78 is 98.5. The number of carbonyl (C=O) groups is 1. The molecule has 0 aromatic heterocycles. The minimum absolute atomic E-state index is 0.0501. The maximum Gasteiger partial charge on any atom is 0.458 e. The third kappa shape index (κ3) is 3.43. The minimum atomic E-state index is -5.88. The van der Waals surface area contributed by atoms with Gasteiger partial charge >= 0.3 is 12.1 Å². The Morgan fingerprint density at radius 1 is 1.14 bits per heavy atom. The Balaban J connectivity index is 2.16. The fraction of sp³-hybridized carbons (Fsp3) is 0.611. The number of aliphatic hydroxyl groups excluding tert-OH is 1. The van der Waals surface area contributed by atoms with E-state index in [1.807, 2.05) is 0 Å². The number of carbonyl (C=O) groups excluding carboxylic acids is 1. The molecule has 29 heavy (non-hydrogen) atoms. The molecule has 0 saturated carbocycles. The van der Waals surface area contributed by atoms with Gasteiger partial charge in [-0.3, -0.25) is 4.79 Å². The summed E-state index contributed by atoms with van der Waals surface area (Å²) in [5.41, 5.74) is -4.18. The molecule has 2 aliphatic rings. The molecule has 1 saturated heterocycles. The highest BCUT2D eigenvalue weighted by atomic mass is 19.4. The van der Waals surface area contributed by atoms with Crippen LogP contribution in [0.4, 0.5) is 30.7 Å². The molecule has 11 heteroatoms. The van der Waals surface area contributed by atoms with E-state index in [-0.39, 0.29) is 24.3 Å². The van der Waals surface area contributed by atoms with E-state index in [0.717, 1.165) is 11.0 Å². The van der Waals surface area contributed by atoms with E-state index < -0.39 is 54.7 Å². The molecule has 0 bridgehead atoms. The van der Waals surface area contributed by atoms with E-state index in [9.17, 15) is 40.6 Å². The third-order valence-electron chi connectivity index (χ3n) is 5.35. The van der Waals surface area contributed by atoms with Crippen molar-refractivity contribution in [1.29, 1.82) is 0 Å². The van der Waals surface area contributed by atoms with Gasteiger partial charge in [0.15, 0.2) is 5.60 Å². The number of nitrogens with zero attached hydrogens (tertiary/aromatic N) is 1. The van der Waals surface area contributed by atoms with Gasteiger partial charge in [-0.1, -0.05) is 0 Å². The Labute approximate surface area is 161 Å². The van der Waals surface area contributed by atoms with Gasteiger partial charge in [-0.2, -0.15) is 22.0 Å². The number of alkyl halides is 7. The number of fused-ring (bicyclic) bond motifs is 1. The number of piperidine rings is 1. The van der Waals surface area contributed by atoms with Gasteiger partial charge in [-0.25, -0.2) is 8.78 Å². The zero-order valence-corrected chi connectivity index (χ0v) is 15.0. The van der Waals surface area contributed by atoms with Crippen molar-refractivity contribution in [2.45, 2.75) is 49.1 Å². The summed E-state index contributed by atoms with van der Waals surface area (Å²) in [6.07, 6.45) is -6.85. The first-order valence-electron chi connectivity index (χ1n) is 8.86. The number of ether oxygens (including phenoxy) is 1. The smallest absolute Gasteiger partial charge is 0.458 e. The first kappa shape index (κ1) is 21.7. The molecule has 2 unspecified atom stereocenters. The standard InChI is InChI=1S/C18H18F7NO3/c19-8-16(9-20)15(28)14(26-6-2-1-3-13(26)27)11-7-10(4-5-12(11)29-16)17(21,22)18(23,24)25/h4-5,7,14-15,28H,1-3,6,8-9H2. The van der Waals surface area contributed by atoms with Gasteiger partial charge in [0.25, 0.3) is 0 Å². The second kappa shape index (κ2) is 7.33. The lowest BCUT2D eigenvalue weighted by Gasteiger charge is -2.48. The molecule has 1 aromatic rings. The Bertz CT molecular complexity index is 779. The lowest BCUT2D eigenvalue weighted by atomic mass is 9.82. The number of rotatable bonds is 4. The highest BCUT2D eigenvalue weighted by Crippen LogP contribution is 2.49. The molecule has 2 aliphatic heterocycles. The molecular weight excluding hydrogens is 411 g/mol. The monoisotopic (exact) mass is 429 g/mol. The highest BCUT2D eigenvalue weighted by molar-refractivity contribution is 5.77. The predicted octanol–water partition coefficient (Wildman–Crippen LogP) is 3.83. The zero-order chi connectivity index (χ0) is 21.6. The van der Waals surface area contributed by atoms with Gasteiger partial charge in [0, 0.05) is 24.1 Å². The quantitative estimate of drug-likeness (QED) is 0.741. The first-order valence-corrected chi connectivity index (χ1v) is 8.86. The van der Waals surface area contributed by atoms with Crippen LogP contribution in [0.3, 0.4) is 0 Å². The molecule has 1 fully saturated rings. The topological polar surface area (TPSA) is 49.8 Å². The van der Waals surface area contributed by atoms with Crippen molar-refractivity contribution in [2.75, 3.05) is 19.9 Å². The summed E-state index contributed by atoms with van der Waals surface area (Å²) in [6.45, 7) is -2.94. The summed E-state index contributed by atoms with van der Waals surface area (Å²) in [5.74, 6) is -6.08. The van der Waals surface area contributed by atoms with Gasteiger partial charge in [0.2, 0.25) is 5.91 Å². The molecule has 0 radical (unpaired) electrons. The van der Waals surface area contributed by atoms with E-state index >= 15 is 0 Å². The van der Waals surface area contributed by atoms with E-state index in [1.165, 1.54) is 0 Å². The summed E-state index contributed by atoms with van der Waals surface area (Å²) in [6, 6.07) is 0.138. The Morgan fingerprint density at radius 3 is 2.34 bits per heavy atom. The van der Waals surface area contributed by atoms with Crippen LogP contribution in [0.1, 0.15) is 36.4 Å². The number of benzene rings is 1. The summed E-state index contributed by atoms with van der Waals surface area (Å²) in [5, 5.41) is 10.6. The predicted molar refractivity (Wildman–Crippen MR) is 86.0 cm³/mol. The van der Waals surface area contributed by atoms with Crippen molar-refractivity contribution >= 4 is 5.91 Å². The van der Waals surface area contributed by atoms with Crippen LogP contribution < -0.4 is 4.74 Å². The number of amides is 1. The van der Waals surface area contributed by atoms with E-state index in [4.69, 9.17) is 4.74 Å². The Kier molecular flexibility index (Phi) is 5.48. The van der Waals surface area contributed by atoms with Crippen LogP contribution in [-0.4, -0.2) is 53.7 Å². The second-order valence-electron chi connectivity index (χ2n) is 7.19. The minimum Gasteiger partial charge on any atom is -0.479 e. The third-order valence-corrected chi connectivity index (χ3v) is 5.35. The number of halogens is 7. The molecule has 0 aliphatic carbocycles. The van der Waals surface area contributed by atoms with Crippen molar-refractivity contribution < 1.29 is 45.4 Å². The van der Waals surface area contributed by atoms with Crippen LogP contribution in [0, 0.1) is 0 Å². The molecule has 1 N–H and O–H groups in total. The van der Waals surface area contributed by atoms with Crippen molar-refractivity contribution in [3.63, 3.8) is 0 Å². The summed E-state index contributed by atoms with van der Waals surface area (Å²) in [4.78, 5) is 13.4. The first-order chi connectivity index (χ1) is 13.5. The van der Waals surface area contributed by atoms with E-state index in [2.05, 4.69) is 0 Å². The van der Waals surface area contributed by atoms with Crippen LogP contribution in [0.15, 0.2) is 18.2 Å². The SMILES string of the molecule is O=C1CCCCN1C1c2cc(C(F)(F)C(F)(F)F)ccc2OC(CF)(CF)C1O. The lowest BCUT2D eigenvalue weighted by Crippen LogP contribution is -2.61. The number of hydrogen-bond donors (Lipinski definition) is 1. The molecule has 1 amide bonds. The van der Waals surface area contributed by atoms with Gasteiger partial charge in [0.05, 0.1) is 6.04 Å². The molecule has 2 atom stereocenters. The fourth-order valence-corrected chi connectivity index (χ4v) is 3.68. The highest BCUT2D eigenvalue weighted by Gasteiger charge is 2.60. The van der Waals surface area contributed by atoms with Crippen molar-refractivity contribution in [2.24, 2.45) is 0 Å². The number of likely N-dealkylation sites (tertiary alicyclic amines) is 1. The number of hydrogen-bond acceptors (Lipinski definition) is 3. The molecule has 0 spiro atoms. The Morgan fingerprint density at radius 2 is 1.79 bits per heavy atom. The summed E-state index contributed by atoms with van der Waals surface area (Å²) >= 11 is 0. The average molecular weight is 429 g/mol. The summed E-state index contributed by atoms with van der Waals surface area (Å²) in [7, 11) is 0. The average Bonchev–Trinajstić information content (AvgIpc) is 2.67. The van der Waals surface area contributed by atoms with Crippen molar-refractivity contribution in [3.8, 4) is 5.75 Å². The van der Waals surface area contributed by atoms with Crippen molar-refractivity contribution in [1.82, 2.24) is 4.90 Å². The van der Waals surface area contributed by atoms with Crippen LogP contribution in [-0.2, 0) is 10.7 Å². The maximum atomic E-state index is 13.8. The molecule has 1 aromatic carbocycles. The normalized spacial score (nSPS) is 24.8. The molecule has 4 nitrogen and oxygen atoms in total. The maximum absolute atomic E-state index is 13.8. The van der Waals surface area contributed by atoms with Gasteiger partial charge < -0.3 is 14.7 Å². The molecule has 3 rings (SSSR count). The second-order valence-corrected chi connectivity index (χ2v) is 7.19. The lowest BCUT2D eigenvalue weighted by molar-refractivity contribution is -0.289. The molecule has 162 valence electrons. The molecular formula is C18H18F7NO3. The molecule has 2 heterocycles. The van der Waals surface area contributed by atoms with Crippen LogP contribution in [0.5, 0.6) is 5.75 Å². The van der Waals surface area contributed by atoms with Crippen LogP contribution in [0.2, 0.25) is 0 Å². The van der Waals surface area contributed by atoms with Gasteiger partial charge in [0.1, 0.15) is 25.2 Å². The number of aliphatic hydroxyl groups is 1. The van der Waals surface area contributed by atoms with Crippen LogP contribution >= 0.6 is 0 Å².